The van der Waals surface area contributed by atoms with Crippen LogP contribution in [0.4, 0.5) is 11.7 Å². The lowest BCUT2D eigenvalue weighted by molar-refractivity contribution is 0.131. The van der Waals surface area contributed by atoms with Gasteiger partial charge in [0.1, 0.15) is 16.5 Å². The van der Waals surface area contributed by atoms with Crippen LogP contribution in [0, 0.1) is 5.92 Å². The number of nitrogens with one attached hydrogen (secondary N) is 1. The van der Waals surface area contributed by atoms with Crippen molar-refractivity contribution >= 4 is 44.5 Å². The number of hydrogen-bond donors (Lipinski definition) is 1. The molecule has 2 unspecified atom stereocenters. The van der Waals surface area contributed by atoms with Gasteiger partial charge in [0.2, 0.25) is 0 Å². The van der Waals surface area contributed by atoms with E-state index in [0.29, 0.717) is 17.1 Å². The molecule has 1 aliphatic rings. The van der Waals surface area contributed by atoms with Gasteiger partial charge in [-0.05, 0) is 61.0 Å². The number of aromatic nitrogens is 4. The first-order chi connectivity index (χ1) is 17.9. The van der Waals surface area contributed by atoms with Crippen molar-refractivity contribution in [2.24, 2.45) is 5.92 Å². The second kappa shape index (κ2) is 11.1. The first-order valence-electron chi connectivity index (χ1n) is 12.3. The molecule has 0 bridgehead atoms. The molecule has 196 valence electrons. The largest absolute Gasteiger partial charge is 0.771 e. The fourth-order valence-electron chi connectivity index (χ4n) is 4.31. The maximum absolute atomic E-state index is 10.7. The average molecular weight is 542 g/mol. The van der Waals surface area contributed by atoms with Crippen molar-refractivity contribution in [1.82, 2.24) is 20.1 Å². The highest BCUT2D eigenvalue weighted by atomic mass is 32.2. The fourth-order valence-corrected chi connectivity index (χ4v) is 5.47. The third kappa shape index (κ3) is 6.08. The van der Waals surface area contributed by atoms with Crippen LogP contribution in [0.2, 0.25) is 0 Å². The van der Waals surface area contributed by atoms with Crippen LogP contribution in [0.15, 0.2) is 40.9 Å². The van der Waals surface area contributed by atoms with E-state index < -0.39 is 11.1 Å². The summed E-state index contributed by atoms with van der Waals surface area (Å²) in [6, 6.07) is 12.0. The van der Waals surface area contributed by atoms with E-state index in [1.165, 1.54) is 11.3 Å². The van der Waals surface area contributed by atoms with Crippen molar-refractivity contribution in [3.05, 3.63) is 42.2 Å². The maximum Gasteiger partial charge on any atom is 0.324 e. The molecule has 0 aliphatic carbocycles. The second-order valence-corrected chi connectivity index (χ2v) is 11.3. The zero-order valence-corrected chi connectivity index (χ0v) is 22.6. The third-order valence-electron chi connectivity index (χ3n) is 6.52. The van der Waals surface area contributed by atoms with Crippen LogP contribution in [0.25, 0.3) is 21.6 Å². The Bertz CT molecular complexity index is 1370. The Balaban J connectivity index is 1.19. The average Bonchev–Trinajstić information content (AvgIpc) is 3.55. The number of benzene rings is 1. The van der Waals surface area contributed by atoms with E-state index in [2.05, 4.69) is 46.1 Å². The predicted molar refractivity (Wildman–Crippen MR) is 144 cm³/mol. The molecule has 5 rings (SSSR count). The zero-order valence-electron chi connectivity index (χ0n) is 20.9. The molecule has 2 atom stereocenters. The number of fused-ring (bicyclic) bond motifs is 1. The molecule has 1 aliphatic heterocycles. The molecule has 4 heterocycles. The minimum Gasteiger partial charge on any atom is -0.771 e. The summed E-state index contributed by atoms with van der Waals surface area (Å²) in [5, 5.41) is 7.54. The molecule has 12 heteroatoms. The molecule has 1 aromatic carbocycles. The van der Waals surface area contributed by atoms with Gasteiger partial charge in [-0.2, -0.15) is 4.98 Å². The molecule has 1 N–H and O–H groups in total. The van der Waals surface area contributed by atoms with Gasteiger partial charge < -0.3 is 24.0 Å². The number of pyridine rings is 1. The van der Waals surface area contributed by atoms with Crippen LogP contribution < -0.4 is 15.0 Å². The molecule has 1 fully saturated rings. The molecule has 3 aromatic heterocycles. The van der Waals surface area contributed by atoms with Crippen molar-refractivity contribution in [2.75, 3.05) is 29.2 Å². The van der Waals surface area contributed by atoms with Crippen LogP contribution >= 0.6 is 11.3 Å². The summed E-state index contributed by atoms with van der Waals surface area (Å²) in [6.07, 6.45) is 1.98. The molecular weight excluding hydrogens is 512 g/mol. The highest BCUT2D eigenvalue weighted by molar-refractivity contribution is 7.79. The summed E-state index contributed by atoms with van der Waals surface area (Å²) in [6.45, 7) is 7.92. The van der Waals surface area contributed by atoms with Gasteiger partial charge in [0.05, 0.1) is 11.6 Å². The number of hydrogen-bond acceptors (Lipinski definition) is 11. The van der Waals surface area contributed by atoms with Crippen LogP contribution in [0.1, 0.15) is 45.4 Å². The lowest BCUT2D eigenvalue weighted by atomic mass is 9.92. The van der Waals surface area contributed by atoms with Gasteiger partial charge in [0, 0.05) is 30.3 Å². The minimum atomic E-state index is -2.14. The van der Waals surface area contributed by atoms with E-state index in [-0.39, 0.29) is 17.9 Å². The molecule has 10 nitrogen and oxygen atoms in total. The highest BCUT2D eigenvalue weighted by Gasteiger charge is 2.28. The lowest BCUT2D eigenvalue weighted by Crippen LogP contribution is -2.38. The van der Waals surface area contributed by atoms with Crippen molar-refractivity contribution in [1.29, 1.82) is 0 Å². The Kier molecular flexibility index (Phi) is 7.68. The zero-order chi connectivity index (χ0) is 25.9. The van der Waals surface area contributed by atoms with E-state index >= 15 is 0 Å². The predicted octanol–water partition coefficient (Wildman–Crippen LogP) is 4.80. The van der Waals surface area contributed by atoms with Gasteiger partial charge in [-0.3, -0.25) is 4.21 Å². The number of thiazole rings is 1. The van der Waals surface area contributed by atoms with E-state index in [0.717, 1.165) is 59.0 Å². The van der Waals surface area contributed by atoms with Crippen molar-refractivity contribution in [3.63, 3.8) is 0 Å². The van der Waals surface area contributed by atoms with Gasteiger partial charge >= 0.3 is 6.01 Å². The van der Waals surface area contributed by atoms with Crippen molar-refractivity contribution < 1.29 is 18.0 Å². The summed E-state index contributed by atoms with van der Waals surface area (Å²) in [5.41, 5.74) is 3.30. The van der Waals surface area contributed by atoms with Crippen molar-refractivity contribution in [2.45, 2.75) is 45.6 Å². The van der Waals surface area contributed by atoms with E-state index in [1.807, 2.05) is 36.4 Å². The summed E-state index contributed by atoms with van der Waals surface area (Å²) >= 11 is -0.693. The quantitative estimate of drug-likeness (QED) is 0.295. The lowest BCUT2D eigenvalue weighted by Gasteiger charge is -2.33. The summed E-state index contributed by atoms with van der Waals surface area (Å²) < 4.78 is 33.2. The third-order valence-corrected chi connectivity index (χ3v) is 7.75. The number of rotatable bonds is 9. The smallest absolute Gasteiger partial charge is 0.324 e. The van der Waals surface area contributed by atoms with Gasteiger partial charge in [0.15, 0.2) is 5.82 Å². The van der Waals surface area contributed by atoms with Crippen LogP contribution in [-0.2, 0) is 11.1 Å². The summed E-state index contributed by atoms with van der Waals surface area (Å²) in [4.78, 5) is 16.9. The summed E-state index contributed by atoms with van der Waals surface area (Å²) in [5.74, 6) is 1.27. The van der Waals surface area contributed by atoms with E-state index in [1.54, 1.807) is 0 Å². The normalized spacial score (nSPS) is 16.3. The molecule has 0 saturated carbocycles. The van der Waals surface area contributed by atoms with Gasteiger partial charge in [-0.25, -0.2) is 9.97 Å². The Morgan fingerprint density at radius 3 is 2.57 bits per heavy atom. The molecule has 0 spiro atoms. The summed E-state index contributed by atoms with van der Waals surface area (Å²) in [7, 11) is 0. The number of piperidine rings is 1. The monoisotopic (exact) mass is 541 g/mol. The number of ether oxygens (including phenoxy) is 1. The Morgan fingerprint density at radius 1 is 1.14 bits per heavy atom. The fraction of sp³-hybridized carbons (Fsp3) is 0.440. The minimum absolute atomic E-state index is 0.0274. The Labute approximate surface area is 221 Å². The highest BCUT2D eigenvalue weighted by Crippen LogP contribution is 2.32. The maximum atomic E-state index is 10.7. The standard InChI is InChI=1S/C25H30N6O4S2/c1-15(2)22-29-24(35-30-22)31-12-10-17(11-13-31)16(3)34-25-28-21-9-8-20(27-23(21)36-25)18-4-6-19(7-5-18)26-14-37(32)33/h4-9,15-17,26H,10-14H2,1-3H3,(H,32,33)/p-1. The molecule has 0 amide bonds. The SMILES string of the molecule is CC(C)c1noc(N2CCC(C(C)Oc3nc4ccc(-c5ccc(NCS(=O)[O-])cc5)nc4s3)CC2)n1. The Hall–Kier alpha value is -3.09. The molecule has 4 aromatic rings. The first kappa shape index (κ1) is 25.6. The van der Waals surface area contributed by atoms with Gasteiger partial charge in [-0.15, -0.1) is 0 Å². The van der Waals surface area contributed by atoms with Crippen LogP contribution in [0.5, 0.6) is 5.19 Å². The van der Waals surface area contributed by atoms with Gasteiger partial charge in [0.25, 0.3) is 5.19 Å². The second-order valence-electron chi connectivity index (χ2n) is 9.44. The van der Waals surface area contributed by atoms with Crippen LogP contribution in [-0.4, -0.2) is 53.9 Å². The number of anilines is 2. The van der Waals surface area contributed by atoms with Gasteiger partial charge in [-0.1, -0.05) is 42.5 Å². The topological polar surface area (TPSA) is 129 Å². The van der Waals surface area contributed by atoms with E-state index in [9.17, 15) is 8.76 Å². The van der Waals surface area contributed by atoms with Crippen molar-refractivity contribution in [3.8, 4) is 16.5 Å². The first-order valence-corrected chi connectivity index (χ1v) is 14.3. The Morgan fingerprint density at radius 2 is 1.89 bits per heavy atom. The molecule has 37 heavy (non-hydrogen) atoms. The molecular formula is C25H29N6O4S2-. The van der Waals surface area contributed by atoms with E-state index in [4.69, 9.17) is 14.2 Å². The number of nitrogens with zero attached hydrogens (tertiary/aromatic N) is 5. The molecule has 1 saturated heterocycles. The van der Waals surface area contributed by atoms with Crippen LogP contribution in [0.3, 0.4) is 0 Å². The molecule has 0 radical (unpaired) electrons.